The molecule has 1 amide bonds. The Morgan fingerprint density at radius 3 is 2.96 bits per heavy atom. The van der Waals surface area contributed by atoms with Crippen molar-refractivity contribution in [2.45, 2.75) is 32.4 Å². The van der Waals surface area contributed by atoms with Crippen LogP contribution in [0.25, 0.3) is 0 Å². The van der Waals surface area contributed by atoms with Gasteiger partial charge in [0.05, 0.1) is 36.7 Å². The van der Waals surface area contributed by atoms with E-state index < -0.39 is 0 Å². The first-order valence-electron chi connectivity index (χ1n) is 7.51. The van der Waals surface area contributed by atoms with Crippen LogP contribution in [-0.4, -0.2) is 41.2 Å². The minimum absolute atomic E-state index is 0.129. The van der Waals surface area contributed by atoms with Gasteiger partial charge in [0.1, 0.15) is 16.7 Å². The minimum atomic E-state index is -0.195. The van der Waals surface area contributed by atoms with Crippen LogP contribution in [0.1, 0.15) is 27.5 Å². The second-order valence-corrected chi connectivity index (χ2v) is 6.36. The lowest BCUT2D eigenvalue weighted by atomic mass is 10.1. The predicted molar refractivity (Wildman–Crippen MR) is 86.9 cm³/mol. The third-order valence-corrected chi connectivity index (χ3v) is 4.66. The van der Waals surface area contributed by atoms with Crippen LogP contribution >= 0.6 is 11.3 Å². The zero-order chi connectivity index (χ0) is 16.2. The molecule has 1 aliphatic rings. The summed E-state index contributed by atoms with van der Waals surface area (Å²) >= 11 is 1.34. The second kappa shape index (κ2) is 7.06. The molecular formula is C16H19N3O3S. The molecule has 0 saturated carbocycles. The lowest BCUT2D eigenvalue weighted by Gasteiger charge is -2.32. The molecule has 0 radical (unpaired) electrons. The first kappa shape index (κ1) is 15.9. The Bertz CT molecular complexity index is 671. The number of hydrogen-bond donors (Lipinski definition) is 1. The van der Waals surface area contributed by atoms with E-state index in [4.69, 9.17) is 9.47 Å². The summed E-state index contributed by atoms with van der Waals surface area (Å²) in [5, 5.41) is 3.00. The summed E-state index contributed by atoms with van der Waals surface area (Å²) in [5.74, 6) is 0.576. The summed E-state index contributed by atoms with van der Waals surface area (Å²) in [7, 11) is 0. The monoisotopic (exact) mass is 333 g/mol. The standard InChI is InChI=1S/C16H19N3O3S/c1-10-3-4-12(7-17-10)22-14-5-6-21-8-13(14)19-16(20)15-11(2)18-9-23-15/h3-4,7,9,13-14H,5-6,8H2,1-2H3,(H,19,20)/t13-,14+/m1/s1. The fraction of sp³-hybridized carbons (Fsp3) is 0.438. The molecule has 1 aliphatic heterocycles. The molecule has 0 unspecified atom stereocenters. The topological polar surface area (TPSA) is 73.3 Å². The molecule has 1 saturated heterocycles. The zero-order valence-corrected chi connectivity index (χ0v) is 13.9. The maximum absolute atomic E-state index is 12.4. The van der Waals surface area contributed by atoms with Crippen LogP contribution in [0, 0.1) is 13.8 Å². The second-order valence-electron chi connectivity index (χ2n) is 5.50. The van der Waals surface area contributed by atoms with E-state index in [1.54, 1.807) is 11.7 Å². The van der Waals surface area contributed by atoms with E-state index in [-0.39, 0.29) is 18.1 Å². The van der Waals surface area contributed by atoms with Gasteiger partial charge in [-0.15, -0.1) is 11.3 Å². The van der Waals surface area contributed by atoms with Crippen molar-refractivity contribution in [3.05, 3.63) is 40.1 Å². The van der Waals surface area contributed by atoms with Gasteiger partial charge in [-0.3, -0.25) is 9.78 Å². The predicted octanol–water partition coefficient (Wildman–Crippen LogP) is 2.12. The molecule has 23 heavy (non-hydrogen) atoms. The maximum Gasteiger partial charge on any atom is 0.263 e. The normalized spacial score (nSPS) is 21.0. The number of aromatic nitrogens is 2. The van der Waals surface area contributed by atoms with Gasteiger partial charge in [0.15, 0.2) is 0 Å². The van der Waals surface area contributed by atoms with Crippen LogP contribution < -0.4 is 10.1 Å². The van der Waals surface area contributed by atoms with Crippen molar-refractivity contribution in [3.8, 4) is 5.75 Å². The number of nitrogens with zero attached hydrogens (tertiary/aromatic N) is 2. The highest BCUT2D eigenvalue weighted by Crippen LogP contribution is 2.19. The largest absolute Gasteiger partial charge is 0.486 e. The molecule has 2 atom stereocenters. The lowest BCUT2D eigenvalue weighted by Crippen LogP contribution is -2.51. The average molecular weight is 333 g/mol. The highest BCUT2D eigenvalue weighted by atomic mass is 32.1. The third-order valence-electron chi connectivity index (χ3n) is 3.73. The first-order chi connectivity index (χ1) is 11.1. The Balaban J connectivity index is 1.67. The van der Waals surface area contributed by atoms with E-state index >= 15 is 0 Å². The fourth-order valence-corrected chi connectivity index (χ4v) is 3.15. The van der Waals surface area contributed by atoms with Crippen LogP contribution in [0.5, 0.6) is 5.75 Å². The minimum Gasteiger partial charge on any atom is -0.486 e. The van der Waals surface area contributed by atoms with Crippen LogP contribution in [0.4, 0.5) is 0 Å². The van der Waals surface area contributed by atoms with Crippen LogP contribution in [0.15, 0.2) is 23.8 Å². The average Bonchev–Trinajstić information content (AvgIpc) is 2.97. The Morgan fingerprint density at radius 2 is 2.26 bits per heavy atom. The van der Waals surface area contributed by atoms with Crippen molar-refractivity contribution in [2.75, 3.05) is 13.2 Å². The molecule has 2 aromatic rings. The first-order valence-corrected chi connectivity index (χ1v) is 8.39. The Kier molecular flexibility index (Phi) is 4.88. The van der Waals surface area contributed by atoms with Gasteiger partial charge in [-0.25, -0.2) is 4.98 Å². The molecular weight excluding hydrogens is 314 g/mol. The van der Waals surface area contributed by atoms with Gasteiger partial charge < -0.3 is 14.8 Å². The quantitative estimate of drug-likeness (QED) is 0.928. The Labute approximate surface area is 138 Å². The molecule has 2 aromatic heterocycles. The summed E-state index contributed by atoms with van der Waals surface area (Å²) in [6.07, 6.45) is 2.29. The van der Waals surface area contributed by atoms with E-state index in [2.05, 4.69) is 15.3 Å². The summed E-state index contributed by atoms with van der Waals surface area (Å²) in [6, 6.07) is 3.60. The van der Waals surface area contributed by atoms with Crippen molar-refractivity contribution in [1.82, 2.24) is 15.3 Å². The summed E-state index contributed by atoms with van der Waals surface area (Å²) in [6.45, 7) is 4.82. The van der Waals surface area contributed by atoms with E-state index in [0.29, 0.717) is 23.8 Å². The number of nitrogens with one attached hydrogen (secondary N) is 1. The summed E-state index contributed by atoms with van der Waals surface area (Å²) in [5.41, 5.74) is 3.35. The van der Waals surface area contributed by atoms with Gasteiger partial charge in [-0.2, -0.15) is 0 Å². The molecule has 122 valence electrons. The molecule has 1 N–H and O–H groups in total. The highest BCUT2D eigenvalue weighted by Gasteiger charge is 2.30. The van der Waals surface area contributed by atoms with Crippen molar-refractivity contribution >= 4 is 17.2 Å². The van der Waals surface area contributed by atoms with Crippen LogP contribution in [0.2, 0.25) is 0 Å². The Hall–Kier alpha value is -1.99. The number of aryl methyl sites for hydroxylation is 2. The Morgan fingerprint density at radius 1 is 1.39 bits per heavy atom. The van der Waals surface area contributed by atoms with Crippen LogP contribution in [-0.2, 0) is 4.74 Å². The number of amides is 1. The summed E-state index contributed by atoms with van der Waals surface area (Å²) in [4.78, 5) is 21.3. The van der Waals surface area contributed by atoms with E-state index in [1.165, 1.54) is 11.3 Å². The van der Waals surface area contributed by atoms with Gasteiger partial charge in [0.2, 0.25) is 0 Å². The molecule has 0 bridgehead atoms. The van der Waals surface area contributed by atoms with Gasteiger partial charge in [-0.05, 0) is 26.0 Å². The third kappa shape index (κ3) is 3.86. The number of pyridine rings is 1. The van der Waals surface area contributed by atoms with Gasteiger partial charge in [0, 0.05) is 12.1 Å². The molecule has 1 fully saturated rings. The molecule has 0 aliphatic carbocycles. The smallest absolute Gasteiger partial charge is 0.263 e. The SMILES string of the molecule is Cc1ccc(O[C@H]2CCOC[C@H]2NC(=O)c2scnc2C)cn1. The van der Waals surface area contributed by atoms with Gasteiger partial charge in [0.25, 0.3) is 5.91 Å². The number of rotatable bonds is 4. The van der Waals surface area contributed by atoms with Crippen molar-refractivity contribution in [2.24, 2.45) is 0 Å². The van der Waals surface area contributed by atoms with Crippen molar-refractivity contribution in [1.29, 1.82) is 0 Å². The molecule has 6 nitrogen and oxygen atoms in total. The zero-order valence-electron chi connectivity index (χ0n) is 13.1. The molecule has 7 heteroatoms. The number of thiazole rings is 1. The van der Waals surface area contributed by atoms with Crippen molar-refractivity contribution < 1.29 is 14.3 Å². The maximum atomic E-state index is 12.4. The summed E-state index contributed by atoms with van der Waals surface area (Å²) < 4.78 is 11.5. The van der Waals surface area contributed by atoms with Crippen molar-refractivity contribution in [3.63, 3.8) is 0 Å². The van der Waals surface area contributed by atoms with E-state index in [0.717, 1.165) is 17.8 Å². The molecule has 3 rings (SSSR count). The fourth-order valence-electron chi connectivity index (χ4n) is 2.45. The molecule has 0 aromatic carbocycles. The highest BCUT2D eigenvalue weighted by molar-refractivity contribution is 7.11. The van der Waals surface area contributed by atoms with Gasteiger partial charge >= 0.3 is 0 Å². The molecule has 0 spiro atoms. The number of hydrogen-bond acceptors (Lipinski definition) is 6. The van der Waals surface area contributed by atoms with Crippen LogP contribution in [0.3, 0.4) is 0 Å². The lowest BCUT2D eigenvalue weighted by molar-refractivity contribution is -0.00297. The van der Waals surface area contributed by atoms with E-state index in [9.17, 15) is 4.79 Å². The van der Waals surface area contributed by atoms with Gasteiger partial charge in [-0.1, -0.05) is 0 Å². The van der Waals surface area contributed by atoms with E-state index in [1.807, 2.05) is 26.0 Å². The molecule has 3 heterocycles. The number of carbonyl (C=O) groups is 1. The number of carbonyl (C=O) groups excluding carboxylic acids is 1. The number of ether oxygens (including phenoxy) is 2.